The largest absolute Gasteiger partial charge is 0.496 e. The molecule has 1 aromatic carbocycles. The maximum Gasteiger partial charge on any atom is 0.236 e. The van der Waals surface area contributed by atoms with Crippen LogP contribution >= 0.6 is 11.3 Å². The summed E-state index contributed by atoms with van der Waals surface area (Å²) in [5.74, 6) is 0.974. The molecule has 0 unspecified atom stereocenters. The fraction of sp³-hybridized carbons (Fsp3) is 0.500. The van der Waals surface area contributed by atoms with E-state index in [4.69, 9.17) is 4.74 Å². The van der Waals surface area contributed by atoms with Crippen molar-refractivity contribution in [1.82, 2.24) is 10.2 Å². The summed E-state index contributed by atoms with van der Waals surface area (Å²) in [5.41, 5.74) is 0.0996. The first kappa shape index (κ1) is 18.4. The summed E-state index contributed by atoms with van der Waals surface area (Å²) < 4.78 is 5.39. The van der Waals surface area contributed by atoms with Crippen molar-refractivity contribution in [2.45, 2.75) is 51.9 Å². The highest BCUT2D eigenvalue weighted by Crippen LogP contribution is 2.33. The predicted octanol–water partition coefficient (Wildman–Crippen LogP) is 4.37. The molecule has 0 aliphatic heterocycles. The second kappa shape index (κ2) is 7.75. The Balaban J connectivity index is 2.19. The molecule has 5 nitrogen and oxygen atoms in total. The number of para-hydroxylation sites is 1. The van der Waals surface area contributed by atoms with E-state index in [2.05, 4.69) is 29.4 Å². The monoisotopic (exact) mass is 347 g/mol. The number of ether oxygens (including phenoxy) is 1. The van der Waals surface area contributed by atoms with Crippen LogP contribution in [0.2, 0.25) is 0 Å². The van der Waals surface area contributed by atoms with Crippen molar-refractivity contribution in [2.24, 2.45) is 0 Å². The fourth-order valence-corrected chi connectivity index (χ4v) is 3.63. The zero-order chi connectivity index (χ0) is 17.7. The lowest BCUT2D eigenvalue weighted by molar-refractivity contribution is -0.120. The van der Waals surface area contributed by atoms with Crippen molar-refractivity contribution in [3.8, 4) is 5.75 Å². The first-order chi connectivity index (χ1) is 11.4. The highest BCUT2D eigenvalue weighted by atomic mass is 32.1. The fourth-order valence-electron chi connectivity index (χ4n) is 2.62. The quantitative estimate of drug-likeness (QED) is 0.808. The van der Waals surface area contributed by atoms with Crippen LogP contribution in [0.5, 0.6) is 5.75 Å². The van der Waals surface area contributed by atoms with E-state index in [1.165, 1.54) is 11.3 Å². The first-order valence-electron chi connectivity index (χ1n) is 8.22. The molecule has 0 saturated heterocycles. The Morgan fingerprint density at radius 1 is 1.25 bits per heavy atom. The van der Waals surface area contributed by atoms with Gasteiger partial charge < -0.3 is 4.74 Å². The number of nitrogens with one attached hydrogen (secondary N) is 1. The van der Waals surface area contributed by atoms with Crippen molar-refractivity contribution < 1.29 is 9.53 Å². The third-order valence-corrected chi connectivity index (χ3v) is 5.35. The molecule has 1 aromatic heterocycles. The van der Waals surface area contributed by atoms with Crippen LogP contribution in [0.15, 0.2) is 24.3 Å². The topological polar surface area (TPSA) is 64.1 Å². The number of carbonyl (C=O) groups excluding carboxylic acids is 1. The van der Waals surface area contributed by atoms with Gasteiger partial charge in [0.15, 0.2) is 0 Å². The Morgan fingerprint density at radius 2 is 1.92 bits per heavy atom. The lowest BCUT2D eigenvalue weighted by atomic mass is 9.83. The maximum absolute atomic E-state index is 12.8. The van der Waals surface area contributed by atoms with Crippen molar-refractivity contribution in [3.05, 3.63) is 34.8 Å². The zero-order valence-corrected chi connectivity index (χ0v) is 15.7. The lowest BCUT2D eigenvalue weighted by Crippen LogP contribution is -2.35. The summed E-state index contributed by atoms with van der Waals surface area (Å²) in [6.07, 6.45) is 2.04. The lowest BCUT2D eigenvalue weighted by Gasteiger charge is -2.25. The summed E-state index contributed by atoms with van der Waals surface area (Å²) in [6.45, 7) is 8.03. The van der Waals surface area contributed by atoms with Crippen LogP contribution in [0.1, 0.15) is 57.0 Å². The summed E-state index contributed by atoms with van der Waals surface area (Å²) >= 11 is 1.45. The van der Waals surface area contributed by atoms with Crippen molar-refractivity contribution >= 4 is 22.4 Å². The Hall–Kier alpha value is -1.95. The molecule has 6 heteroatoms. The van der Waals surface area contributed by atoms with Crippen LogP contribution in [0.25, 0.3) is 0 Å². The third-order valence-electron chi connectivity index (χ3n) is 4.34. The number of hydrogen-bond donors (Lipinski definition) is 1. The van der Waals surface area contributed by atoms with Gasteiger partial charge in [-0.3, -0.25) is 10.1 Å². The average molecular weight is 347 g/mol. The van der Waals surface area contributed by atoms with Gasteiger partial charge in [-0.05, 0) is 32.8 Å². The van der Waals surface area contributed by atoms with Gasteiger partial charge in [0.2, 0.25) is 11.0 Å². The molecule has 0 radical (unpaired) electrons. The Labute approximate surface area is 147 Å². The van der Waals surface area contributed by atoms with Gasteiger partial charge in [-0.2, -0.15) is 0 Å². The molecule has 0 bridgehead atoms. The number of rotatable bonds is 7. The highest BCUT2D eigenvalue weighted by Gasteiger charge is 2.33. The Morgan fingerprint density at radius 3 is 2.54 bits per heavy atom. The van der Waals surface area contributed by atoms with E-state index in [0.717, 1.165) is 23.4 Å². The van der Waals surface area contributed by atoms with Gasteiger partial charge in [-0.15, -0.1) is 10.2 Å². The van der Waals surface area contributed by atoms with Gasteiger partial charge in [0, 0.05) is 11.5 Å². The predicted molar refractivity (Wildman–Crippen MR) is 97.9 cm³/mol. The number of hydrogen-bond acceptors (Lipinski definition) is 5. The van der Waals surface area contributed by atoms with Gasteiger partial charge in [0.1, 0.15) is 10.8 Å². The van der Waals surface area contributed by atoms with Crippen LogP contribution in [0.3, 0.4) is 0 Å². The van der Waals surface area contributed by atoms with Crippen molar-refractivity contribution in [1.29, 1.82) is 0 Å². The molecule has 0 saturated carbocycles. The molecule has 0 aliphatic carbocycles. The van der Waals surface area contributed by atoms with E-state index < -0.39 is 5.41 Å². The second-order valence-corrected chi connectivity index (χ2v) is 7.25. The number of nitrogens with zero attached hydrogens (tertiary/aromatic N) is 2. The van der Waals surface area contributed by atoms with Crippen LogP contribution in [0, 0.1) is 0 Å². The van der Waals surface area contributed by atoms with Gasteiger partial charge in [0.05, 0.1) is 12.5 Å². The number of carbonyl (C=O) groups is 1. The maximum atomic E-state index is 12.8. The summed E-state index contributed by atoms with van der Waals surface area (Å²) in [4.78, 5) is 12.8. The number of methoxy groups -OCH3 is 1. The molecule has 2 aromatic rings. The minimum Gasteiger partial charge on any atom is -0.496 e. The summed E-state index contributed by atoms with van der Waals surface area (Å²) in [7, 11) is 1.61. The third kappa shape index (κ3) is 3.75. The summed E-state index contributed by atoms with van der Waals surface area (Å²) in [6, 6.07) is 7.57. The van der Waals surface area contributed by atoms with Gasteiger partial charge >= 0.3 is 0 Å². The molecular formula is C18H25N3O2S. The average Bonchev–Trinajstić information content (AvgIpc) is 3.04. The molecule has 0 atom stereocenters. The summed E-state index contributed by atoms with van der Waals surface area (Å²) in [5, 5.41) is 12.8. The Kier molecular flexibility index (Phi) is 5.94. The minimum atomic E-state index is -0.743. The standard InChI is InChI=1S/C18H25N3O2S/c1-6-12(7-2)15-20-21-17(24-15)19-16(22)18(3,4)13-10-8-9-11-14(13)23-5/h8-12H,6-7H2,1-5H3,(H,19,21,22). The first-order valence-corrected chi connectivity index (χ1v) is 9.04. The number of benzene rings is 1. The molecule has 0 aliphatic rings. The van der Waals surface area contributed by atoms with E-state index in [1.54, 1.807) is 7.11 Å². The van der Waals surface area contributed by atoms with E-state index in [9.17, 15) is 4.79 Å². The van der Waals surface area contributed by atoms with Gasteiger partial charge in [-0.1, -0.05) is 43.4 Å². The van der Waals surface area contributed by atoms with Gasteiger partial charge in [0.25, 0.3) is 0 Å². The molecule has 24 heavy (non-hydrogen) atoms. The van der Waals surface area contributed by atoms with Crippen LogP contribution in [-0.4, -0.2) is 23.2 Å². The van der Waals surface area contributed by atoms with Crippen molar-refractivity contribution in [3.63, 3.8) is 0 Å². The molecule has 2 rings (SSSR count). The molecular weight excluding hydrogens is 322 g/mol. The van der Waals surface area contributed by atoms with E-state index in [-0.39, 0.29) is 5.91 Å². The molecule has 1 N–H and O–H groups in total. The normalized spacial score (nSPS) is 11.6. The molecule has 1 heterocycles. The number of anilines is 1. The molecule has 0 spiro atoms. The van der Waals surface area contributed by atoms with Crippen LogP contribution < -0.4 is 10.1 Å². The molecule has 1 amide bonds. The van der Waals surface area contributed by atoms with Crippen molar-refractivity contribution in [2.75, 3.05) is 12.4 Å². The smallest absolute Gasteiger partial charge is 0.236 e. The minimum absolute atomic E-state index is 0.126. The van der Waals surface area contributed by atoms with Crippen LogP contribution in [-0.2, 0) is 10.2 Å². The van der Waals surface area contributed by atoms with Crippen LogP contribution in [0.4, 0.5) is 5.13 Å². The van der Waals surface area contributed by atoms with E-state index in [0.29, 0.717) is 16.8 Å². The highest BCUT2D eigenvalue weighted by molar-refractivity contribution is 7.15. The SMILES string of the molecule is CCC(CC)c1nnc(NC(=O)C(C)(C)c2ccccc2OC)s1. The van der Waals surface area contributed by atoms with E-state index in [1.807, 2.05) is 38.1 Å². The number of aromatic nitrogens is 2. The molecule has 0 fully saturated rings. The Bertz CT molecular complexity index is 693. The van der Waals surface area contributed by atoms with Gasteiger partial charge in [-0.25, -0.2) is 0 Å². The molecule has 130 valence electrons. The van der Waals surface area contributed by atoms with E-state index >= 15 is 0 Å². The zero-order valence-electron chi connectivity index (χ0n) is 14.9. The number of amides is 1. The second-order valence-electron chi connectivity index (χ2n) is 6.24.